The molecule has 0 amide bonds. The van der Waals surface area contributed by atoms with E-state index in [9.17, 15) is 0 Å². The molecule has 2 heteroatoms. The van der Waals surface area contributed by atoms with E-state index in [-0.39, 0.29) is 0 Å². The van der Waals surface area contributed by atoms with Crippen molar-refractivity contribution in [2.45, 2.75) is 13.8 Å². The van der Waals surface area contributed by atoms with Gasteiger partial charge in [-0.3, -0.25) is 4.98 Å². The van der Waals surface area contributed by atoms with Gasteiger partial charge in [0, 0.05) is 22.8 Å². The summed E-state index contributed by atoms with van der Waals surface area (Å²) < 4.78 is 0. The van der Waals surface area contributed by atoms with Crippen LogP contribution in [0.15, 0.2) is 24.5 Å². The third-order valence-corrected chi connectivity index (χ3v) is 2.85. The first-order valence-electron chi connectivity index (χ1n) is 4.19. The highest BCUT2D eigenvalue weighted by Gasteiger charge is 2.03. The van der Waals surface area contributed by atoms with Gasteiger partial charge in [0.25, 0.3) is 0 Å². The van der Waals surface area contributed by atoms with Crippen LogP contribution in [0.1, 0.15) is 11.1 Å². The molecule has 0 aliphatic carbocycles. The minimum atomic E-state index is 0.818. The second-order valence-electron chi connectivity index (χ2n) is 3.21. The molecule has 0 bridgehead atoms. The van der Waals surface area contributed by atoms with Crippen molar-refractivity contribution in [2.24, 2.45) is 0 Å². The summed E-state index contributed by atoms with van der Waals surface area (Å²) in [5.74, 6) is 0. The fourth-order valence-electron chi connectivity index (χ4n) is 1.49. The van der Waals surface area contributed by atoms with Gasteiger partial charge in [-0.15, -0.1) is 0 Å². The van der Waals surface area contributed by atoms with Crippen molar-refractivity contribution in [1.29, 1.82) is 0 Å². The Balaban J connectivity index is 2.94. The summed E-state index contributed by atoms with van der Waals surface area (Å²) in [5, 5.41) is 3.16. The summed E-state index contributed by atoms with van der Waals surface area (Å²) in [5.41, 5.74) is 2.39. The molecule has 0 saturated carbocycles. The number of benzene rings is 1. The largest absolute Gasteiger partial charge is 0.264 e. The molecule has 1 heterocycles. The zero-order chi connectivity index (χ0) is 9.42. The van der Waals surface area contributed by atoms with Gasteiger partial charge in [0.05, 0.1) is 0 Å². The standard InChI is InChI=1S/C11H10ClN/c1-7-8(2)11(12)5-9-6-13-4-3-10(7)9/h3-6H,1-2H3. The monoisotopic (exact) mass is 191 g/mol. The first-order valence-corrected chi connectivity index (χ1v) is 4.57. The molecule has 1 aromatic carbocycles. The first kappa shape index (κ1) is 8.52. The van der Waals surface area contributed by atoms with Crippen LogP contribution in [0.3, 0.4) is 0 Å². The number of halogens is 1. The molecule has 0 spiro atoms. The molecule has 2 aromatic rings. The second-order valence-corrected chi connectivity index (χ2v) is 3.61. The van der Waals surface area contributed by atoms with Crippen molar-refractivity contribution in [2.75, 3.05) is 0 Å². The van der Waals surface area contributed by atoms with E-state index >= 15 is 0 Å². The number of hydrogen-bond acceptors (Lipinski definition) is 1. The molecule has 0 unspecified atom stereocenters. The zero-order valence-corrected chi connectivity index (χ0v) is 8.39. The van der Waals surface area contributed by atoms with E-state index < -0.39 is 0 Å². The van der Waals surface area contributed by atoms with Crippen molar-refractivity contribution in [1.82, 2.24) is 4.98 Å². The van der Waals surface area contributed by atoms with Crippen molar-refractivity contribution < 1.29 is 0 Å². The maximum atomic E-state index is 6.07. The Bertz CT molecular complexity index is 463. The van der Waals surface area contributed by atoms with Crippen LogP contribution in [-0.4, -0.2) is 4.98 Å². The van der Waals surface area contributed by atoms with E-state index in [1.54, 1.807) is 0 Å². The fraction of sp³-hybridized carbons (Fsp3) is 0.182. The van der Waals surface area contributed by atoms with Gasteiger partial charge in [0.2, 0.25) is 0 Å². The number of pyridine rings is 1. The van der Waals surface area contributed by atoms with Gasteiger partial charge in [-0.25, -0.2) is 0 Å². The third-order valence-electron chi connectivity index (χ3n) is 2.46. The van der Waals surface area contributed by atoms with Crippen LogP contribution in [0.5, 0.6) is 0 Å². The summed E-state index contributed by atoms with van der Waals surface area (Å²) in [6.07, 6.45) is 3.65. The molecule has 0 aliphatic rings. The summed E-state index contributed by atoms with van der Waals surface area (Å²) >= 11 is 6.07. The van der Waals surface area contributed by atoms with Crippen molar-refractivity contribution in [3.8, 4) is 0 Å². The van der Waals surface area contributed by atoms with Crippen LogP contribution in [-0.2, 0) is 0 Å². The third kappa shape index (κ3) is 1.29. The van der Waals surface area contributed by atoms with Gasteiger partial charge < -0.3 is 0 Å². The Morgan fingerprint density at radius 1 is 1.23 bits per heavy atom. The smallest absolute Gasteiger partial charge is 0.0444 e. The van der Waals surface area contributed by atoms with E-state index in [1.807, 2.05) is 31.5 Å². The molecule has 0 radical (unpaired) electrons. The van der Waals surface area contributed by atoms with Crippen LogP contribution in [0.4, 0.5) is 0 Å². The predicted octanol–water partition coefficient (Wildman–Crippen LogP) is 3.51. The highest BCUT2D eigenvalue weighted by Crippen LogP contribution is 2.27. The van der Waals surface area contributed by atoms with Gasteiger partial charge in [-0.05, 0) is 42.5 Å². The normalized spacial score (nSPS) is 10.7. The lowest BCUT2D eigenvalue weighted by Gasteiger charge is -2.06. The van der Waals surface area contributed by atoms with E-state index in [2.05, 4.69) is 11.9 Å². The van der Waals surface area contributed by atoms with Crippen LogP contribution >= 0.6 is 11.6 Å². The van der Waals surface area contributed by atoms with Gasteiger partial charge in [0.1, 0.15) is 0 Å². The van der Waals surface area contributed by atoms with Gasteiger partial charge in [-0.2, -0.15) is 0 Å². The molecule has 0 N–H and O–H groups in total. The zero-order valence-electron chi connectivity index (χ0n) is 7.63. The quantitative estimate of drug-likeness (QED) is 0.621. The highest BCUT2D eigenvalue weighted by atomic mass is 35.5. The second kappa shape index (κ2) is 3.00. The molecule has 1 aromatic heterocycles. The molecule has 0 saturated heterocycles. The topological polar surface area (TPSA) is 12.9 Å². The lowest BCUT2D eigenvalue weighted by Crippen LogP contribution is -1.86. The molecule has 0 aliphatic heterocycles. The Kier molecular flexibility index (Phi) is 1.97. The van der Waals surface area contributed by atoms with Crippen LogP contribution in [0, 0.1) is 13.8 Å². The number of aromatic nitrogens is 1. The average Bonchev–Trinajstić information content (AvgIpc) is 2.15. The summed E-state index contributed by atoms with van der Waals surface area (Å²) in [6, 6.07) is 3.99. The van der Waals surface area contributed by atoms with E-state index in [4.69, 9.17) is 11.6 Å². The lowest BCUT2D eigenvalue weighted by atomic mass is 10.0. The van der Waals surface area contributed by atoms with Crippen LogP contribution in [0.25, 0.3) is 10.8 Å². The van der Waals surface area contributed by atoms with E-state index in [0.29, 0.717) is 0 Å². The minimum absolute atomic E-state index is 0.818. The number of aryl methyl sites for hydroxylation is 1. The number of nitrogens with zero attached hydrogens (tertiary/aromatic N) is 1. The van der Waals surface area contributed by atoms with E-state index in [0.717, 1.165) is 16.0 Å². The molecule has 66 valence electrons. The summed E-state index contributed by atoms with van der Waals surface area (Å²) in [7, 11) is 0. The van der Waals surface area contributed by atoms with Gasteiger partial charge >= 0.3 is 0 Å². The molecule has 13 heavy (non-hydrogen) atoms. The van der Waals surface area contributed by atoms with Gasteiger partial charge in [-0.1, -0.05) is 11.6 Å². The molecule has 2 rings (SSSR count). The Hall–Kier alpha value is -1.08. The van der Waals surface area contributed by atoms with E-state index in [1.165, 1.54) is 10.9 Å². The molecule has 1 nitrogen and oxygen atoms in total. The Morgan fingerprint density at radius 3 is 2.77 bits per heavy atom. The fourth-order valence-corrected chi connectivity index (χ4v) is 1.75. The molecular formula is C11H10ClN. The van der Waals surface area contributed by atoms with Gasteiger partial charge in [0.15, 0.2) is 0 Å². The number of hydrogen-bond donors (Lipinski definition) is 0. The number of rotatable bonds is 0. The van der Waals surface area contributed by atoms with Crippen LogP contribution in [0.2, 0.25) is 5.02 Å². The molecule has 0 atom stereocenters. The average molecular weight is 192 g/mol. The maximum Gasteiger partial charge on any atom is 0.0444 e. The maximum absolute atomic E-state index is 6.07. The lowest BCUT2D eigenvalue weighted by molar-refractivity contribution is 1.33. The Morgan fingerprint density at radius 2 is 2.00 bits per heavy atom. The van der Waals surface area contributed by atoms with Crippen molar-refractivity contribution in [3.63, 3.8) is 0 Å². The molecular weight excluding hydrogens is 182 g/mol. The summed E-state index contributed by atoms with van der Waals surface area (Å²) in [6.45, 7) is 4.13. The van der Waals surface area contributed by atoms with Crippen LogP contribution < -0.4 is 0 Å². The minimum Gasteiger partial charge on any atom is -0.264 e. The SMILES string of the molecule is Cc1c(Cl)cc2cnccc2c1C. The summed E-state index contributed by atoms with van der Waals surface area (Å²) in [4.78, 5) is 4.07. The Labute approximate surface area is 82.4 Å². The first-order chi connectivity index (χ1) is 6.20. The van der Waals surface area contributed by atoms with Crippen molar-refractivity contribution in [3.05, 3.63) is 40.7 Å². The molecule has 0 fully saturated rings. The van der Waals surface area contributed by atoms with Crippen molar-refractivity contribution >= 4 is 22.4 Å². The predicted molar refractivity (Wildman–Crippen MR) is 56.2 cm³/mol. The highest BCUT2D eigenvalue weighted by molar-refractivity contribution is 6.32. The number of fused-ring (bicyclic) bond motifs is 1.